The highest BCUT2D eigenvalue weighted by molar-refractivity contribution is 7.91. The molecule has 1 fully saturated rings. The maximum Gasteiger partial charge on any atom is 0.250 e. The summed E-state index contributed by atoms with van der Waals surface area (Å²) in [5, 5.41) is 3.06. The van der Waals surface area contributed by atoms with Gasteiger partial charge in [-0.1, -0.05) is 12.8 Å². The summed E-state index contributed by atoms with van der Waals surface area (Å²) in [6.45, 7) is 3.22. The second-order valence-electron chi connectivity index (χ2n) is 5.19. The Morgan fingerprint density at radius 1 is 1.42 bits per heavy atom. The van der Waals surface area contributed by atoms with Crippen molar-refractivity contribution in [2.45, 2.75) is 43.4 Å². The van der Waals surface area contributed by atoms with Gasteiger partial charge in [0.25, 0.3) is 0 Å². The highest BCUT2D eigenvalue weighted by atomic mass is 32.2. The lowest BCUT2D eigenvalue weighted by molar-refractivity contribution is 0.574. The molecule has 1 heterocycles. The summed E-state index contributed by atoms with van der Waals surface area (Å²) in [7, 11) is -1.45. The largest absolute Gasteiger partial charge is 0.315 e. The van der Waals surface area contributed by atoms with Gasteiger partial charge in [-0.05, 0) is 44.4 Å². The van der Waals surface area contributed by atoms with Gasteiger partial charge in [0.05, 0.1) is 0 Å². The first-order valence-electron chi connectivity index (χ1n) is 6.76. The fraction of sp³-hybridized carbons (Fsp3) is 0.692. The predicted molar refractivity (Wildman–Crippen MR) is 79.0 cm³/mol. The van der Waals surface area contributed by atoms with E-state index < -0.39 is 10.0 Å². The van der Waals surface area contributed by atoms with Crippen LogP contribution in [0.1, 0.15) is 36.1 Å². The predicted octanol–water partition coefficient (Wildman–Crippen LogP) is 2.24. The maximum absolute atomic E-state index is 12.1. The third kappa shape index (κ3) is 4.27. The minimum absolute atomic E-state index is 0.432. The Morgan fingerprint density at radius 3 is 2.79 bits per heavy atom. The summed E-state index contributed by atoms with van der Waals surface area (Å²) in [5.41, 5.74) is 1.04. The van der Waals surface area contributed by atoms with Gasteiger partial charge in [0, 0.05) is 18.0 Å². The van der Waals surface area contributed by atoms with Crippen molar-refractivity contribution in [3.63, 3.8) is 0 Å². The normalized spacial score (nSPS) is 15.9. The molecule has 1 saturated carbocycles. The quantitative estimate of drug-likeness (QED) is 0.724. The number of hydrogen-bond donors (Lipinski definition) is 2. The molecule has 0 unspecified atom stereocenters. The van der Waals surface area contributed by atoms with E-state index in [4.69, 9.17) is 0 Å². The molecule has 0 bridgehead atoms. The fourth-order valence-electron chi connectivity index (χ4n) is 2.03. The Labute approximate surface area is 119 Å². The Balaban J connectivity index is 1.91. The second-order valence-corrected chi connectivity index (χ2v) is 8.32. The minimum Gasteiger partial charge on any atom is -0.315 e. The zero-order chi connectivity index (χ0) is 13.9. The summed E-state index contributed by atoms with van der Waals surface area (Å²) >= 11 is 1.35. The summed E-state index contributed by atoms with van der Waals surface area (Å²) in [6, 6.07) is 1.76. The van der Waals surface area contributed by atoms with Crippen LogP contribution in [0, 0.1) is 12.8 Å². The number of nitrogens with one attached hydrogen (secondary N) is 2. The van der Waals surface area contributed by atoms with Gasteiger partial charge in [0.2, 0.25) is 10.0 Å². The highest BCUT2D eigenvalue weighted by Gasteiger charge is 2.21. The molecule has 108 valence electrons. The molecule has 0 radical (unpaired) electrons. The molecule has 0 atom stereocenters. The molecule has 4 nitrogen and oxygen atoms in total. The van der Waals surface area contributed by atoms with Gasteiger partial charge in [-0.3, -0.25) is 0 Å². The summed E-state index contributed by atoms with van der Waals surface area (Å²) < 4.78 is 27.4. The standard InChI is InChI=1S/C13H22N2O2S2/c1-10-8-13(18-12(10)9-14-2)19(16,17)15-7-3-4-11-5-6-11/h8,11,14-15H,3-7,9H2,1-2H3. The van der Waals surface area contributed by atoms with Crippen molar-refractivity contribution in [3.8, 4) is 0 Å². The minimum atomic E-state index is -3.32. The first-order valence-corrected chi connectivity index (χ1v) is 9.06. The molecular formula is C13H22N2O2S2. The SMILES string of the molecule is CNCc1sc(S(=O)(=O)NCCCC2CC2)cc1C. The molecule has 1 aromatic rings. The van der Waals surface area contributed by atoms with Crippen molar-refractivity contribution >= 4 is 21.4 Å². The summed E-state index contributed by atoms with van der Waals surface area (Å²) in [5.74, 6) is 0.857. The lowest BCUT2D eigenvalue weighted by Crippen LogP contribution is -2.24. The monoisotopic (exact) mass is 302 g/mol. The van der Waals surface area contributed by atoms with Gasteiger partial charge in [0.1, 0.15) is 4.21 Å². The number of rotatable bonds is 8. The Bertz CT molecular complexity index is 519. The number of sulfonamides is 1. The van der Waals surface area contributed by atoms with Crippen molar-refractivity contribution in [2.75, 3.05) is 13.6 Å². The van der Waals surface area contributed by atoms with Crippen molar-refractivity contribution in [3.05, 3.63) is 16.5 Å². The van der Waals surface area contributed by atoms with Crippen LogP contribution in [-0.2, 0) is 16.6 Å². The van der Waals surface area contributed by atoms with Crippen LogP contribution in [0.4, 0.5) is 0 Å². The van der Waals surface area contributed by atoms with Crippen molar-refractivity contribution in [1.29, 1.82) is 0 Å². The Morgan fingerprint density at radius 2 is 2.16 bits per heavy atom. The van der Waals surface area contributed by atoms with Gasteiger partial charge < -0.3 is 5.32 Å². The third-order valence-corrected chi connectivity index (χ3v) is 6.55. The van der Waals surface area contributed by atoms with Gasteiger partial charge >= 0.3 is 0 Å². The van der Waals surface area contributed by atoms with Crippen LogP contribution in [0.5, 0.6) is 0 Å². The maximum atomic E-state index is 12.1. The lowest BCUT2D eigenvalue weighted by atomic mass is 10.2. The van der Waals surface area contributed by atoms with Crippen LogP contribution in [-0.4, -0.2) is 22.0 Å². The number of aryl methyl sites for hydroxylation is 1. The van der Waals surface area contributed by atoms with E-state index in [0.717, 1.165) is 29.2 Å². The molecule has 0 spiro atoms. The topological polar surface area (TPSA) is 58.2 Å². The molecule has 0 saturated heterocycles. The van der Waals surface area contributed by atoms with Crippen LogP contribution in [0.2, 0.25) is 0 Å². The number of hydrogen-bond acceptors (Lipinski definition) is 4. The Hall–Kier alpha value is -0.430. The zero-order valence-electron chi connectivity index (χ0n) is 11.5. The molecule has 1 aliphatic carbocycles. The van der Waals surface area contributed by atoms with E-state index in [0.29, 0.717) is 17.3 Å². The summed E-state index contributed by atoms with van der Waals surface area (Å²) in [6.07, 6.45) is 4.74. The first-order chi connectivity index (χ1) is 9.03. The highest BCUT2D eigenvalue weighted by Crippen LogP contribution is 2.33. The average molecular weight is 302 g/mol. The van der Waals surface area contributed by atoms with Gasteiger partial charge in [-0.25, -0.2) is 13.1 Å². The first kappa shape index (κ1) is 15.0. The van der Waals surface area contributed by atoms with E-state index in [2.05, 4.69) is 10.0 Å². The summed E-state index contributed by atoms with van der Waals surface area (Å²) in [4.78, 5) is 1.08. The van der Waals surface area contributed by atoms with Gasteiger partial charge in [-0.15, -0.1) is 11.3 Å². The third-order valence-electron chi connectivity index (χ3n) is 3.38. The second kappa shape index (κ2) is 6.35. The molecule has 2 N–H and O–H groups in total. The lowest BCUT2D eigenvalue weighted by Gasteiger charge is -2.04. The van der Waals surface area contributed by atoms with Gasteiger partial charge in [0.15, 0.2) is 0 Å². The van der Waals surface area contributed by atoms with Gasteiger partial charge in [-0.2, -0.15) is 0 Å². The van der Waals surface area contributed by atoms with Crippen molar-refractivity contribution < 1.29 is 8.42 Å². The van der Waals surface area contributed by atoms with E-state index in [-0.39, 0.29) is 0 Å². The van der Waals surface area contributed by atoms with Crippen molar-refractivity contribution in [1.82, 2.24) is 10.0 Å². The van der Waals surface area contributed by atoms with Crippen LogP contribution in [0.25, 0.3) is 0 Å². The van der Waals surface area contributed by atoms with Crippen LogP contribution < -0.4 is 10.0 Å². The molecule has 6 heteroatoms. The van der Waals surface area contributed by atoms with Crippen molar-refractivity contribution in [2.24, 2.45) is 5.92 Å². The van der Waals surface area contributed by atoms with Crippen LogP contribution in [0.15, 0.2) is 10.3 Å². The molecule has 1 aromatic heterocycles. The molecular weight excluding hydrogens is 280 g/mol. The van der Waals surface area contributed by atoms with Crippen LogP contribution >= 0.6 is 11.3 Å². The zero-order valence-corrected chi connectivity index (χ0v) is 13.2. The van der Waals surface area contributed by atoms with E-state index in [1.54, 1.807) is 6.07 Å². The van der Waals surface area contributed by atoms with E-state index in [9.17, 15) is 8.42 Å². The van der Waals surface area contributed by atoms with Crippen LogP contribution in [0.3, 0.4) is 0 Å². The Kier molecular flexibility index (Phi) is 5.00. The molecule has 2 rings (SSSR count). The van der Waals surface area contributed by atoms with E-state index >= 15 is 0 Å². The smallest absolute Gasteiger partial charge is 0.250 e. The molecule has 0 aliphatic heterocycles. The molecule has 1 aliphatic rings. The number of thiophene rings is 1. The molecule has 19 heavy (non-hydrogen) atoms. The molecule has 0 amide bonds. The molecule has 0 aromatic carbocycles. The van der Waals surface area contributed by atoms with E-state index in [1.807, 2.05) is 14.0 Å². The van der Waals surface area contributed by atoms with E-state index in [1.165, 1.54) is 24.2 Å². The fourth-order valence-corrected chi connectivity index (χ4v) is 4.75. The average Bonchev–Trinajstić information content (AvgIpc) is 3.10.